The molecular formula is C13H14N4O. The third-order valence-electron chi connectivity index (χ3n) is 2.89. The van der Waals surface area contributed by atoms with Gasteiger partial charge < -0.3 is 11.1 Å². The molecule has 1 saturated carbocycles. The van der Waals surface area contributed by atoms with Gasteiger partial charge in [-0.2, -0.15) is 5.10 Å². The molecule has 92 valence electrons. The molecule has 3 rings (SSSR count). The lowest BCUT2D eigenvalue weighted by molar-refractivity contribution is 0.0946. The molecule has 0 atom stereocenters. The van der Waals surface area contributed by atoms with Gasteiger partial charge in [0.05, 0.1) is 17.6 Å². The van der Waals surface area contributed by atoms with E-state index in [-0.39, 0.29) is 5.91 Å². The van der Waals surface area contributed by atoms with E-state index >= 15 is 0 Å². The normalized spacial score (nSPS) is 14.4. The number of para-hydroxylation sites is 1. The van der Waals surface area contributed by atoms with Crippen molar-refractivity contribution in [3.05, 3.63) is 42.2 Å². The number of aromatic nitrogens is 2. The first kappa shape index (κ1) is 10.8. The van der Waals surface area contributed by atoms with Gasteiger partial charge >= 0.3 is 0 Å². The topological polar surface area (TPSA) is 72.9 Å². The fourth-order valence-electron chi connectivity index (χ4n) is 1.76. The molecule has 1 fully saturated rings. The molecule has 0 bridgehead atoms. The quantitative estimate of drug-likeness (QED) is 0.853. The second kappa shape index (κ2) is 4.18. The molecular weight excluding hydrogens is 228 g/mol. The van der Waals surface area contributed by atoms with Crippen LogP contribution in [0.15, 0.2) is 36.5 Å². The van der Waals surface area contributed by atoms with Gasteiger partial charge in [0.1, 0.15) is 0 Å². The van der Waals surface area contributed by atoms with Crippen LogP contribution >= 0.6 is 0 Å². The van der Waals surface area contributed by atoms with Gasteiger partial charge in [0.2, 0.25) is 0 Å². The molecule has 2 aromatic rings. The zero-order chi connectivity index (χ0) is 12.5. The van der Waals surface area contributed by atoms with Crippen molar-refractivity contribution in [1.29, 1.82) is 0 Å². The Morgan fingerprint density at radius 2 is 2.06 bits per heavy atom. The highest BCUT2D eigenvalue weighted by Gasteiger charge is 2.26. The fourth-order valence-corrected chi connectivity index (χ4v) is 1.76. The number of carbonyl (C=O) groups is 1. The molecule has 0 saturated heterocycles. The van der Waals surface area contributed by atoms with Crippen molar-refractivity contribution in [1.82, 2.24) is 15.1 Å². The molecule has 1 aromatic carbocycles. The molecule has 1 aliphatic rings. The van der Waals surface area contributed by atoms with Crippen LogP contribution in [0.3, 0.4) is 0 Å². The van der Waals surface area contributed by atoms with E-state index in [1.807, 2.05) is 30.3 Å². The number of hydrogen-bond acceptors (Lipinski definition) is 3. The summed E-state index contributed by atoms with van der Waals surface area (Å²) < 4.78 is 1.62. The summed E-state index contributed by atoms with van der Waals surface area (Å²) in [7, 11) is 0. The first-order valence-corrected chi connectivity index (χ1v) is 5.95. The van der Waals surface area contributed by atoms with Crippen molar-refractivity contribution in [3.63, 3.8) is 0 Å². The molecule has 3 N–H and O–H groups in total. The van der Waals surface area contributed by atoms with E-state index in [4.69, 9.17) is 5.73 Å². The second-order valence-corrected chi connectivity index (χ2v) is 4.46. The van der Waals surface area contributed by atoms with Gasteiger partial charge in [-0.3, -0.25) is 4.79 Å². The van der Waals surface area contributed by atoms with Crippen LogP contribution in [-0.4, -0.2) is 21.7 Å². The van der Waals surface area contributed by atoms with Gasteiger partial charge in [-0.15, -0.1) is 0 Å². The molecule has 1 aromatic heterocycles. The Bertz CT molecular complexity index is 572. The molecule has 18 heavy (non-hydrogen) atoms. The van der Waals surface area contributed by atoms with E-state index in [2.05, 4.69) is 10.4 Å². The maximum absolute atomic E-state index is 11.9. The lowest BCUT2D eigenvalue weighted by Gasteiger charge is -2.01. The van der Waals surface area contributed by atoms with E-state index in [9.17, 15) is 4.79 Å². The Kier molecular flexibility index (Phi) is 2.51. The highest BCUT2D eigenvalue weighted by molar-refractivity contribution is 5.97. The zero-order valence-electron chi connectivity index (χ0n) is 9.84. The van der Waals surface area contributed by atoms with Crippen LogP contribution in [0.25, 0.3) is 5.69 Å². The van der Waals surface area contributed by atoms with Gasteiger partial charge in [-0.25, -0.2) is 4.68 Å². The Morgan fingerprint density at radius 1 is 1.33 bits per heavy atom. The Balaban J connectivity index is 1.88. The summed E-state index contributed by atoms with van der Waals surface area (Å²) in [6.07, 6.45) is 3.76. The standard InChI is InChI=1S/C13H14N4O/c14-11-8-17(10-4-2-1-3-5-10)16-12(11)13(18)15-9-6-7-9/h1-5,8-9H,6-7,14H2,(H,15,18). The highest BCUT2D eigenvalue weighted by atomic mass is 16.2. The van der Waals surface area contributed by atoms with Crippen molar-refractivity contribution in [3.8, 4) is 5.69 Å². The number of amides is 1. The molecule has 1 heterocycles. The number of nitrogens with one attached hydrogen (secondary N) is 1. The van der Waals surface area contributed by atoms with Crippen LogP contribution < -0.4 is 11.1 Å². The maximum Gasteiger partial charge on any atom is 0.274 e. The summed E-state index contributed by atoms with van der Waals surface area (Å²) in [5.74, 6) is -0.190. The van der Waals surface area contributed by atoms with Crippen molar-refractivity contribution in [2.75, 3.05) is 5.73 Å². The summed E-state index contributed by atoms with van der Waals surface area (Å²) in [5.41, 5.74) is 7.41. The van der Waals surface area contributed by atoms with E-state index in [1.54, 1.807) is 10.9 Å². The molecule has 0 unspecified atom stereocenters. The molecule has 5 nitrogen and oxygen atoms in total. The van der Waals surface area contributed by atoms with Crippen molar-refractivity contribution >= 4 is 11.6 Å². The summed E-state index contributed by atoms with van der Waals surface area (Å²) in [6.45, 7) is 0. The number of nitrogen functional groups attached to an aromatic ring is 1. The van der Waals surface area contributed by atoms with Gasteiger partial charge in [-0.1, -0.05) is 18.2 Å². The largest absolute Gasteiger partial charge is 0.396 e. The van der Waals surface area contributed by atoms with E-state index in [0.29, 0.717) is 17.4 Å². The highest BCUT2D eigenvalue weighted by Crippen LogP contribution is 2.20. The van der Waals surface area contributed by atoms with Crippen molar-refractivity contribution in [2.24, 2.45) is 0 Å². The van der Waals surface area contributed by atoms with E-state index in [1.165, 1.54) is 0 Å². The Labute approximate surface area is 105 Å². The average Bonchev–Trinajstić information content (AvgIpc) is 3.10. The van der Waals surface area contributed by atoms with E-state index < -0.39 is 0 Å². The lowest BCUT2D eigenvalue weighted by Crippen LogP contribution is -2.26. The summed E-state index contributed by atoms with van der Waals surface area (Å²) in [5, 5.41) is 7.12. The fraction of sp³-hybridized carbons (Fsp3) is 0.231. The predicted molar refractivity (Wildman–Crippen MR) is 68.5 cm³/mol. The average molecular weight is 242 g/mol. The second-order valence-electron chi connectivity index (χ2n) is 4.46. The number of anilines is 1. The first-order chi connectivity index (χ1) is 8.74. The molecule has 5 heteroatoms. The molecule has 1 amide bonds. The number of hydrogen-bond donors (Lipinski definition) is 2. The number of nitrogens with zero attached hydrogens (tertiary/aromatic N) is 2. The minimum Gasteiger partial charge on any atom is -0.396 e. The predicted octanol–water partition coefficient (Wildman–Crippen LogP) is 1.35. The smallest absolute Gasteiger partial charge is 0.274 e. The van der Waals surface area contributed by atoms with Crippen molar-refractivity contribution in [2.45, 2.75) is 18.9 Å². The van der Waals surface area contributed by atoms with Gasteiger partial charge in [0.15, 0.2) is 5.69 Å². The van der Waals surface area contributed by atoms with Crippen LogP contribution in [-0.2, 0) is 0 Å². The van der Waals surface area contributed by atoms with Crippen LogP contribution in [0.5, 0.6) is 0 Å². The molecule has 0 aliphatic heterocycles. The Hall–Kier alpha value is -2.30. The van der Waals surface area contributed by atoms with Crippen LogP contribution in [0, 0.1) is 0 Å². The third kappa shape index (κ3) is 2.07. The van der Waals surface area contributed by atoms with Gasteiger partial charge in [0.25, 0.3) is 5.91 Å². The van der Waals surface area contributed by atoms with Crippen molar-refractivity contribution < 1.29 is 4.79 Å². The maximum atomic E-state index is 11.9. The molecule has 0 radical (unpaired) electrons. The Morgan fingerprint density at radius 3 is 2.72 bits per heavy atom. The summed E-state index contributed by atoms with van der Waals surface area (Å²) >= 11 is 0. The zero-order valence-corrected chi connectivity index (χ0v) is 9.84. The number of carbonyl (C=O) groups excluding carboxylic acids is 1. The van der Waals surface area contributed by atoms with Crippen LogP contribution in [0.4, 0.5) is 5.69 Å². The third-order valence-corrected chi connectivity index (χ3v) is 2.89. The SMILES string of the molecule is Nc1cn(-c2ccccc2)nc1C(=O)NC1CC1. The number of nitrogens with two attached hydrogens (primary N) is 1. The van der Waals surface area contributed by atoms with Crippen LogP contribution in [0.2, 0.25) is 0 Å². The van der Waals surface area contributed by atoms with E-state index in [0.717, 1.165) is 18.5 Å². The van der Waals surface area contributed by atoms with Gasteiger partial charge in [0, 0.05) is 6.04 Å². The summed E-state index contributed by atoms with van der Waals surface area (Å²) in [6, 6.07) is 9.88. The molecule has 1 aliphatic carbocycles. The monoisotopic (exact) mass is 242 g/mol. The molecule has 0 spiro atoms. The first-order valence-electron chi connectivity index (χ1n) is 5.95. The lowest BCUT2D eigenvalue weighted by atomic mass is 10.3. The minimum atomic E-state index is -0.190. The summed E-state index contributed by atoms with van der Waals surface area (Å²) in [4.78, 5) is 11.9. The number of rotatable bonds is 3. The van der Waals surface area contributed by atoms with Gasteiger partial charge in [-0.05, 0) is 25.0 Å². The minimum absolute atomic E-state index is 0.190. The van der Waals surface area contributed by atoms with Crippen LogP contribution in [0.1, 0.15) is 23.3 Å². The number of benzene rings is 1.